The summed E-state index contributed by atoms with van der Waals surface area (Å²) in [6.45, 7) is 10.8. The van der Waals surface area contributed by atoms with Crippen molar-refractivity contribution in [2.75, 3.05) is 33.8 Å². The van der Waals surface area contributed by atoms with Gasteiger partial charge >= 0.3 is 0 Å². The molecule has 0 atom stereocenters. The number of nitrogens with one attached hydrogen (secondary N) is 1. The quantitative estimate of drug-likeness (QED) is 0.828. The van der Waals surface area contributed by atoms with Gasteiger partial charge in [0.15, 0.2) is 0 Å². The van der Waals surface area contributed by atoms with Gasteiger partial charge in [0.2, 0.25) is 0 Å². The first-order valence-corrected chi connectivity index (χ1v) is 10.6. The molecular formula is C20H35N3OS. The fourth-order valence-electron chi connectivity index (χ4n) is 4.61. The van der Waals surface area contributed by atoms with Crippen molar-refractivity contribution in [2.45, 2.75) is 70.9 Å². The topological polar surface area (TPSA) is 37.4 Å². The van der Waals surface area contributed by atoms with E-state index in [9.17, 15) is 0 Å². The summed E-state index contributed by atoms with van der Waals surface area (Å²) in [5.41, 5.74) is 1.84. The van der Waals surface area contributed by atoms with E-state index in [4.69, 9.17) is 9.72 Å². The lowest BCUT2D eigenvalue weighted by Gasteiger charge is -2.37. The van der Waals surface area contributed by atoms with Crippen LogP contribution >= 0.6 is 11.3 Å². The molecular weight excluding hydrogens is 330 g/mol. The smallest absolute Gasteiger partial charge is 0.0900 e. The molecule has 1 aliphatic heterocycles. The summed E-state index contributed by atoms with van der Waals surface area (Å²) < 4.78 is 6.30. The van der Waals surface area contributed by atoms with Crippen molar-refractivity contribution in [3.63, 3.8) is 0 Å². The number of thiazole rings is 1. The molecule has 4 nitrogen and oxygen atoms in total. The molecule has 1 aromatic rings. The van der Waals surface area contributed by atoms with Crippen LogP contribution in [0.1, 0.15) is 67.4 Å². The number of likely N-dealkylation sites (N-methyl/N-ethyl adjacent to an activating group) is 2. The zero-order valence-corrected chi connectivity index (χ0v) is 17.5. The normalized spacial score (nSPS) is 29.0. The van der Waals surface area contributed by atoms with Crippen LogP contribution in [-0.4, -0.2) is 49.3 Å². The summed E-state index contributed by atoms with van der Waals surface area (Å²) in [5, 5.41) is 4.44. The van der Waals surface area contributed by atoms with Crippen molar-refractivity contribution >= 4 is 11.3 Å². The molecule has 5 heteroatoms. The molecule has 1 N–H and O–H groups in total. The molecule has 1 spiro atoms. The number of aryl methyl sites for hydroxylation is 1. The molecule has 0 bridgehead atoms. The monoisotopic (exact) mass is 365 g/mol. The molecule has 0 radical (unpaired) electrons. The highest BCUT2D eigenvalue weighted by molar-refractivity contribution is 7.11. The molecule has 1 saturated carbocycles. The maximum Gasteiger partial charge on any atom is 0.0900 e. The van der Waals surface area contributed by atoms with E-state index in [0.717, 1.165) is 26.2 Å². The Bertz CT molecular complexity index is 575. The molecule has 25 heavy (non-hydrogen) atoms. The van der Waals surface area contributed by atoms with Gasteiger partial charge in [-0.1, -0.05) is 13.8 Å². The highest BCUT2D eigenvalue weighted by atomic mass is 32.1. The number of nitrogens with zero attached hydrogens (tertiary/aromatic N) is 2. The fraction of sp³-hybridized carbons (Fsp3) is 0.850. The van der Waals surface area contributed by atoms with E-state index in [-0.39, 0.29) is 5.60 Å². The van der Waals surface area contributed by atoms with Gasteiger partial charge in [0.25, 0.3) is 0 Å². The van der Waals surface area contributed by atoms with E-state index in [2.05, 4.69) is 38.0 Å². The van der Waals surface area contributed by atoms with Crippen LogP contribution in [0.5, 0.6) is 0 Å². The Balaban J connectivity index is 1.63. The number of hydrogen-bond acceptors (Lipinski definition) is 5. The van der Waals surface area contributed by atoms with Crippen LogP contribution in [0, 0.1) is 12.3 Å². The van der Waals surface area contributed by atoms with Gasteiger partial charge in [-0.05, 0) is 64.5 Å². The predicted octanol–water partition coefficient (Wildman–Crippen LogP) is 3.95. The van der Waals surface area contributed by atoms with Crippen LogP contribution in [-0.2, 0) is 11.3 Å². The first kappa shape index (κ1) is 19.3. The van der Waals surface area contributed by atoms with E-state index in [1.165, 1.54) is 42.8 Å². The van der Waals surface area contributed by atoms with Gasteiger partial charge in [0.05, 0.1) is 22.9 Å². The Labute approximate surface area is 157 Å². The zero-order chi connectivity index (χ0) is 18.1. The Morgan fingerprint density at radius 2 is 2.04 bits per heavy atom. The standard InChI is InChI=1S/C20H35N3OS/c1-15-22-17(12-23(5)11-10-21-4)18(25-15)16-6-8-20(9-7-16)13-19(2,3)14-24-20/h16,21H,6-14H2,1-5H3/t16-,20+. The van der Waals surface area contributed by atoms with E-state index in [1.54, 1.807) is 4.88 Å². The van der Waals surface area contributed by atoms with Crippen molar-refractivity contribution in [1.29, 1.82) is 0 Å². The number of ether oxygens (including phenoxy) is 1. The van der Waals surface area contributed by atoms with Crippen LogP contribution in [0.4, 0.5) is 0 Å². The Morgan fingerprint density at radius 1 is 1.32 bits per heavy atom. The van der Waals surface area contributed by atoms with Gasteiger partial charge < -0.3 is 10.1 Å². The molecule has 0 aromatic carbocycles. The van der Waals surface area contributed by atoms with Crippen molar-refractivity contribution in [3.8, 4) is 0 Å². The third-order valence-electron chi connectivity index (χ3n) is 5.84. The summed E-state index contributed by atoms with van der Waals surface area (Å²) in [6.07, 6.45) is 6.17. The molecule has 1 aromatic heterocycles. The number of hydrogen-bond donors (Lipinski definition) is 1. The van der Waals surface area contributed by atoms with Crippen LogP contribution in [0.15, 0.2) is 0 Å². The molecule has 142 valence electrons. The van der Waals surface area contributed by atoms with E-state index in [0.29, 0.717) is 11.3 Å². The summed E-state index contributed by atoms with van der Waals surface area (Å²) >= 11 is 1.92. The van der Waals surface area contributed by atoms with Gasteiger partial charge in [0.1, 0.15) is 0 Å². The highest BCUT2D eigenvalue weighted by Crippen LogP contribution is 2.50. The Hall–Kier alpha value is -0.490. The predicted molar refractivity (Wildman–Crippen MR) is 105 cm³/mol. The second kappa shape index (κ2) is 7.63. The molecule has 0 amide bonds. The minimum Gasteiger partial charge on any atom is -0.374 e. The lowest BCUT2D eigenvalue weighted by atomic mass is 9.73. The summed E-state index contributed by atoms with van der Waals surface area (Å²) in [6, 6.07) is 0. The van der Waals surface area contributed by atoms with Crippen molar-refractivity contribution < 1.29 is 4.74 Å². The van der Waals surface area contributed by atoms with Crippen LogP contribution in [0.25, 0.3) is 0 Å². The number of rotatable bonds is 6. The zero-order valence-electron chi connectivity index (χ0n) is 16.7. The molecule has 0 unspecified atom stereocenters. The second-order valence-corrected chi connectivity index (χ2v) is 10.2. The van der Waals surface area contributed by atoms with E-state index < -0.39 is 0 Å². The molecule has 2 fully saturated rings. The average molecular weight is 366 g/mol. The highest BCUT2D eigenvalue weighted by Gasteiger charge is 2.46. The van der Waals surface area contributed by atoms with E-state index in [1.807, 2.05) is 18.4 Å². The Kier molecular flexibility index (Phi) is 5.88. The average Bonchev–Trinajstić information content (AvgIpc) is 3.06. The van der Waals surface area contributed by atoms with Crippen molar-refractivity contribution in [3.05, 3.63) is 15.6 Å². The fourth-order valence-corrected chi connectivity index (χ4v) is 5.71. The van der Waals surface area contributed by atoms with Crippen LogP contribution < -0.4 is 5.32 Å². The van der Waals surface area contributed by atoms with Crippen LogP contribution in [0.3, 0.4) is 0 Å². The molecule has 1 aliphatic carbocycles. The van der Waals surface area contributed by atoms with E-state index >= 15 is 0 Å². The number of aromatic nitrogens is 1. The van der Waals surface area contributed by atoms with Gasteiger partial charge in [-0.3, -0.25) is 4.90 Å². The summed E-state index contributed by atoms with van der Waals surface area (Å²) in [4.78, 5) is 8.79. The first-order chi connectivity index (χ1) is 11.8. The Morgan fingerprint density at radius 3 is 2.64 bits per heavy atom. The van der Waals surface area contributed by atoms with Crippen molar-refractivity contribution in [2.24, 2.45) is 5.41 Å². The minimum absolute atomic E-state index is 0.170. The van der Waals surface area contributed by atoms with Gasteiger partial charge in [-0.2, -0.15) is 0 Å². The summed E-state index contributed by atoms with van der Waals surface area (Å²) in [5.74, 6) is 0.678. The van der Waals surface area contributed by atoms with Crippen LogP contribution in [0.2, 0.25) is 0 Å². The SMILES string of the molecule is CNCCN(C)Cc1nc(C)sc1[C@H]1CC[C@@]2(CC1)CC(C)(C)CO2. The largest absolute Gasteiger partial charge is 0.374 e. The molecule has 2 heterocycles. The first-order valence-electron chi connectivity index (χ1n) is 9.76. The lowest BCUT2D eigenvalue weighted by Crippen LogP contribution is -2.33. The lowest BCUT2D eigenvalue weighted by molar-refractivity contribution is -0.0292. The minimum atomic E-state index is 0.170. The third-order valence-corrected chi connectivity index (χ3v) is 7.01. The maximum absolute atomic E-state index is 6.30. The summed E-state index contributed by atoms with van der Waals surface area (Å²) in [7, 11) is 4.20. The van der Waals surface area contributed by atoms with Gasteiger partial charge in [0, 0.05) is 24.5 Å². The van der Waals surface area contributed by atoms with Gasteiger partial charge in [-0.25, -0.2) is 4.98 Å². The van der Waals surface area contributed by atoms with Gasteiger partial charge in [-0.15, -0.1) is 11.3 Å². The maximum atomic E-state index is 6.30. The molecule has 2 aliphatic rings. The molecule has 1 saturated heterocycles. The van der Waals surface area contributed by atoms with Crippen molar-refractivity contribution in [1.82, 2.24) is 15.2 Å². The third kappa shape index (κ3) is 4.62. The second-order valence-electron chi connectivity index (χ2n) is 8.97. The molecule has 3 rings (SSSR count).